The van der Waals surface area contributed by atoms with Gasteiger partial charge in [0.2, 0.25) is 16.9 Å². The van der Waals surface area contributed by atoms with E-state index >= 15 is 0 Å². The van der Waals surface area contributed by atoms with E-state index in [1.807, 2.05) is 38.1 Å². The van der Waals surface area contributed by atoms with Crippen molar-refractivity contribution in [2.75, 3.05) is 5.32 Å². The lowest BCUT2D eigenvalue weighted by Crippen LogP contribution is -2.44. The minimum atomic E-state index is -0.625. The molecular formula is C20H28N4O2S. The summed E-state index contributed by atoms with van der Waals surface area (Å²) in [4.78, 5) is 24.7. The van der Waals surface area contributed by atoms with E-state index in [0.29, 0.717) is 5.13 Å². The van der Waals surface area contributed by atoms with Crippen LogP contribution in [-0.4, -0.2) is 28.1 Å². The van der Waals surface area contributed by atoms with Crippen molar-refractivity contribution in [1.82, 2.24) is 15.5 Å². The second kappa shape index (κ2) is 10.2. The lowest BCUT2D eigenvalue weighted by Gasteiger charge is -2.18. The summed E-state index contributed by atoms with van der Waals surface area (Å²) in [6, 6.07) is 7.34. The number of carbonyl (C=O) groups excluding carboxylic acids is 2. The molecule has 1 aromatic carbocycles. The molecule has 2 unspecified atom stereocenters. The highest BCUT2D eigenvalue weighted by atomic mass is 32.1. The molecule has 0 spiro atoms. The Kier molecular flexibility index (Phi) is 7.91. The molecule has 0 saturated carbocycles. The fourth-order valence-electron chi connectivity index (χ4n) is 2.75. The van der Waals surface area contributed by atoms with Crippen LogP contribution >= 0.6 is 11.3 Å². The Labute approximate surface area is 164 Å². The van der Waals surface area contributed by atoms with Crippen LogP contribution in [0.15, 0.2) is 24.3 Å². The fraction of sp³-hybridized carbons (Fsp3) is 0.500. The van der Waals surface area contributed by atoms with Gasteiger partial charge in [0.25, 0.3) is 0 Å². The van der Waals surface area contributed by atoms with Gasteiger partial charge in [-0.2, -0.15) is 0 Å². The summed E-state index contributed by atoms with van der Waals surface area (Å²) >= 11 is 1.31. The lowest BCUT2D eigenvalue weighted by molar-refractivity contribution is -0.129. The number of nitrogens with one attached hydrogen (secondary N) is 2. The molecule has 0 aliphatic rings. The molecule has 2 amide bonds. The molecule has 0 fully saturated rings. The molecule has 1 heterocycles. The van der Waals surface area contributed by atoms with E-state index in [-0.39, 0.29) is 17.7 Å². The maximum Gasteiger partial charge on any atom is 0.248 e. The highest BCUT2D eigenvalue weighted by Gasteiger charge is 2.22. The molecule has 2 N–H and O–H groups in total. The quantitative estimate of drug-likeness (QED) is 0.675. The molecule has 7 heteroatoms. The van der Waals surface area contributed by atoms with Crippen LogP contribution in [0.5, 0.6) is 0 Å². The monoisotopic (exact) mass is 388 g/mol. The van der Waals surface area contributed by atoms with Crippen molar-refractivity contribution in [2.24, 2.45) is 5.92 Å². The van der Waals surface area contributed by atoms with Crippen LogP contribution in [0.25, 0.3) is 10.6 Å². The van der Waals surface area contributed by atoms with Crippen molar-refractivity contribution in [2.45, 2.75) is 59.4 Å². The molecular weight excluding hydrogens is 360 g/mol. The highest BCUT2D eigenvalue weighted by Crippen LogP contribution is 2.26. The Hall–Kier alpha value is -2.28. The molecule has 146 valence electrons. The third kappa shape index (κ3) is 6.13. The largest absolute Gasteiger partial charge is 0.344 e. The number of aryl methyl sites for hydroxylation is 1. The Morgan fingerprint density at radius 3 is 2.63 bits per heavy atom. The van der Waals surface area contributed by atoms with Gasteiger partial charge in [0, 0.05) is 11.5 Å². The second-order valence-corrected chi connectivity index (χ2v) is 7.73. The standard InChI is InChI=1S/C20H28N4O2S/c1-5-7-10-15(6-2)18(26)21-14(4)17(25)22-20-24-23-19(27-20)16-11-8-9-13(3)12-16/h8-9,11-12,14-15H,5-7,10H2,1-4H3,(H,21,26)(H,22,24,25). The number of carbonyl (C=O) groups is 2. The molecule has 2 aromatic rings. The third-order valence-electron chi connectivity index (χ3n) is 4.44. The topological polar surface area (TPSA) is 84.0 Å². The maximum atomic E-state index is 12.4. The number of unbranched alkanes of at least 4 members (excludes halogenated alkanes) is 1. The van der Waals surface area contributed by atoms with E-state index in [2.05, 4.69) is 27.8 Å². The fourth-order valence-corrected chi connectivity index (χ4v) is 3.49. The number of anilines is 1. The molecule has 2 atom stereocenters. The van der Waals surface area contributed by atoms with Gasteiger partial charge in [-0.1, -0.05) is 61.8 Å². The molecule has 6 nitrogen and oxygen atoms in total. The number of amides is 2. The number of hydrogen-bond acceptors (Lipinski definition) is 5. The van der Waals surface area contributed by atoms with Crippen molar-refractivity contribution < 1.29 is 9.59 Å². The Morgan fingerprint density at radius 1 is 1.19 bits per heavy atom. The van der Waals surface area contributed by atoms with Gasteiger partial charge < -0.3 is 5.32 Å². The van der Waals surface area contributed by atoms with Gasteiger partial charge in [-0.15, -0.1) is 10.2 Å². The predicted molar refractivity (Wildman–Crippen MR) is 110 cm³/mol. The first-order valence-electron chi connectivity index (χ1n) is 9.46. The normalized spacial score (nSPS) is 13.0. The Morgan fingerprint density at radius 2 is 1.96 bits per heavy atom. The van der Waals surface area contributed by atoms with Gasteiger partial charge >= 0.3 is 0 Å². The Bertz CT molecular complexity index is 775. The molecule has 0 radical (unpaired) electrons. The number of aromatic nitrogens is 2. The van der Waals surface area contributed by atoms with E-state index in [9.17, 15) is 9.59 Å². The van der Waals surface area contributed by atoms with Gasteiger partial charge in [-0.05, 0) is 32.8 Å². The van der Waals surface area contributed by atoms with Crippen molar-refractivity contribution >= 4 is 28.3 Å². The van der Waals surface area contributed by atoms with Crippen LogP contribution in [0.3, 0.4) is 0 Å². The molecule has 0 aliphatic heterocycles. The predicted octanol–water partition coefficient (Wildman–Crippen LogP) is 4.17. The summed E-state index contributed by atoms with van der Waals surface area (Å²) in [7, 11) is 0. The summed E-state index contributed by atoms with van der Waals surface area (Å²) < 4.78 is 0. The smallest absolute Gasteiger partial charge is 0.248 e. The summed E-state index contributed by atoms with van der Waals surface area (Å²) in [6.45, 7) is 7.80. The summed E-state index contributed by atoms with van der Waals surface area (Å²) in [5.74, 6) is -0.401. The van der Waals surface area contributed by atoms with E-state index in [0.717, 1.165) is 41.8 Å². The first kappa shape index (κ1) is 21.0. The first-order chi connectivity index (χ1) is 12.9. The van der Waals surface area contributed by atoms with Crippen LogP contribution in [0, 0.1) is 12.8 Å². The van der Waals surface area contributed by atoms with E-state index in [1.54, 1.807) is 6.92 Å². The van der Waals surface area contributed by atoms with Gasteiger partial charge in [0.05, 0.1) is 0 Å². The summed E-state index contributed by atoms with van der Waals surface area (Å²) in [5.41, 5.74) is 2.11. The van der Waals surface area contributed by atoms with Gasteiger partial charge in [-0.25, -0.2) is 0 Å². The number of benzene rings is 1. The Balaban J connectivity index is 1.93. The van der Waals surface area contributed by atoms with Crippen LogP contribution in [-0.2, 0) is 9.59 Å². The van der Waals surface area contributed by atoms with E-state index in [4.69, 9.17) is 0 Å². The lowest BCUT2D eigenvalue weighted by atomic mass is 9.98. The molecule has 1 aromatic heterocycles. The molecule has 0 aliphatic carbocycles. The number of rotatable bonds is 9. The zero-order chi connectivity index (χ0) is 19.8. The average Bonchev–Trinajstić information content (AvgIpc) is 3.10. The maximum absolute atomic E-state index is 12.4. The highest BCUT2D eigenvalue weighted by molar-refractivity contribution is 7.18. The minimum absolute atomic E-state index is 0.0466. The zero-order valence-electron chi connectivity index (χ0n) is 16.4. The van der Waals surface area contributed by atoms with Gasteiger partial charge in [0.15, 0.2) is 0 Å². The van der Waals surface area contributed by atoms with Crippen molar-refractivity contribution in [3.8, 4) is 10.6 Å². The number of nitrogens with zero attached hydrogens (tertiary/aromatic N) is 2. The van der Waals surface area contributed by atoms with Crippen LogP contribution in [0.1, 0.15) is 52.0 Å². The van der Waals surface area contributed by atoms with Crippen LogP contribution < -0.4 is 10.6 Å². The van der Waals surface area contributed by atoms with E-state index in [1.165, 1.54) is 11.3 Å². The van der Waals surface area contributed by atoms with Crippen molar-refractivity contribution in [3.05, 3.63) is 29.8 Å². The van der Waals surface area contributed by atoms with Crippen LogP contribution in [0.4, 0.5) is 5.13 Å². The minimum Gasteiger partial charge on any atom is -0.344 e. The number of hydrogen-bond donors (Lipinski definition) is 2. The van der Waals surface area contributed by atoms with Crippen molar-refractivity contribution in [3.63, 3.8) is 0 Å². The van der Waals surface area contributed by atoms with Crippen molar-refractivity contribution in [1.29, 1.82) is 0 Å². The SMILES string of the molecule is CCCCC(CC)C(=O)NC(C)C(=O)Nc1nnc(-c2cccc(C)c2)s1. The zero-order valence-corrected chi connectivity index (χ0v) is 17.2. The first-order valence-corrected chi connectivity index (χ1v) is 10.3. The van der Waals surface area contributed by atoms with Gasteiger partial charge in [0.1, 0.15) is 11.0 Å². The average molecular weight is 389 g/mol. The van der Waals surface area contributed by atoms with Crippen LogP contribution in [0.2, 0.25) is 0 Å². The molecule has 0 bridgehead atoms. The second-order valence-electron chi connectivity index (χ2n) is 6.75. The van der Waals surface area contributed by atoms with E-state index < -0.39 is 6.04 Å². The molecule has 27 heavy (non-hydrogen) atoms. The molecule has 2 rings (SSSR count). The molecule has 0 saturated heterocycles. The summed E-state index contributed by atoms with van der Waals surface area (Å²) in [5, 5.41) is 14.9. The van der Waals surface area contributed by atoms with Gasteiger partial charge in [-0.3, -0.25) is 14.9 Å². The summed E-state index contributed by atoms with van der Waals surface area (Å²) in [6.07, 6.45) is 3.69. The third-order valence-corrected chi connectivity index (χ3v) is 5.33.